The molecule has 2 aromatic rings. The topological polar surface area (TPSA) is 84.6 Å². The zero-order valence-electron chi connectivity index (χ0n) is 10.6. The van der Waals surface area contributed by atoms with Crippen molar-refractivity contribution < 1.29 is 19.7 Å². The number of hydrogen-bond acceptors (Lipinski definition) is 4. The largest absolute Gasteiger partial charge is 0.508 e. The maximum Gasteiger partial charge on any atom is 0.354 e. The summed E-state index contributed by atoms with van der Waals surface area (Å²) in [5.74, 6) is -0.449. The van der Waals surface area contributed by atoms with Crippen molar-refractivity contribution in [3.63, 3.8) is 0 Å². The van der Waals surface area contributed by atoms with Gasteiger partial charge < -0.3 is 14.9 Å². The number of aromatic nitrogens is 2. The Morgan fingerprint density at radius 3 is 2.47 bits per heavy atom. The Morgan fingerprint density at radius 2 is 1.95 bits per heavy atom. The van der Waals surface area contributed by atoms with Gasteiger partial charge in [-0.05, 0) is 38.1 Å². The SMILES string of the molecule is CC(C)n1c(C(=O)O)cnc1Oc1ccc(O)cc1. The van der Waals surface area contributed by atoms with Gasteiger partial charge in [0, 0.05) is 6.04 Å². The van der Waals surface area contributed by atoms with Crippen LogP contribution in [0.15, 0.2) is 30.5 Å². The van der Waals surface area contributed by atoms with E-state index in [2.05, 4.69) is 4.98 Å². The van der Waals surface area contributed by atoms with E-state index >= 15 is 0 Å². The fourth-order valence-corrected chi connectivity index (χ4v) is 1.70. The van der Waals surface area contributed by atoms with Gasteiger partial charge in [0.15, 0.2) is 0 Å². The number of aromatic hydroxyl groups is 1. The number of benzene rings is 1. The molecule has 1 aromatic carbocycles. The highest BCUT2D eigenvalue weighted by molar-refractivity contribution is 5.85. The molecule has 6 heteroatoms. The molecule has 0 aliphatic carbocycles. The van der Waals surface area contributed by atoms with E-state index in [-0.39, 0.29) is 23.5 Å². The second kappa shape index (κ2) is 5.01. The summed E-state index contributed by atoms with van der Waals surface area (Å²) in [4.78, 5) is 15.1. The van der Waals surface area contributed by atoms with Gasteiger partial charge in [-0.3, -0.25) is 4.57 Å². The minimum atomic E-state index is -1.05. The van der Waals surface area contributed by atoms with Crippen molar-refractivity contribution in [1.29, 1.82) is 0 Å². The van der Waals surface area contributed by atoms with E-state index in [0.29, 0.717) is 5.75 Å². The summed E-state index contributed by atoms with van der Waals surface area (Å²) in [6.07, 6.45) is 1.26. The third kappa shape index (κ3) is 2.67. The first-order valence-corrected chi connectivity index (χ1v) is 5.76. The molecule has 0 aliphatic heterocycles. The summed E-state index contributed by atoms with van der Waals surface area (Å²) in [6.45, 7) is 3.69. The summed E-state index contributed by atoms with van der Waals surface area (Å²) >= 11 is 0. The van der Waals surface area contributed by atoms with Gasteiger partial charge in [-0.1, -0.05) is 0 Å². The Kier molecular flexibility index (Phi) is 3.41. The summed E-state index contributed by atoms with van der Waals surface area (Å²) in [5, 5.41) is 18.3. The van der Waals surface area contributed by atoms with Crippen LogP contribution in [0.2, 0.25) is 0 Å². The van der Waals surface area contributed by atoms with Crippen molar-refractivity contribution in [2.75, 3.05) is 0 Å². The van der Waals surface area contributed by atoms with Crippen molar-refractivity contribution >= 4 is 5.97 Å². The Labute approximate surface area is 109 Å². The van der Waals surface area contributed by atoms with Crippen molar-refractivity contribution in [3.8, 4) is 17.5 Å². The molecular formula is C13H14N2O4. The Bertz CT molecular complexity index is 587. The van der Waals surface area contributed by atoms with E-state index in [1.165, 1.54) is 22.9 Å². The van der Waals surface area contributed by atoms with Gasteiger partial charge in [-0.25, -0.2) is 9.78 Å². The van der Waals surface area contributed by atoms with E-state index in [1.54, 1.807) is 12.1 Å². The van der Waals surface area contributed by atoms with E-state index in [0.717, 1.165) is 0 Å². The third-order valence-corrected chi connectivity index (χ3v) is 2.54. The number of imidazole rings is 1. The van der Waals surface area contributed by atoms with Gasteiger partial charge >= 0.3 is 12.0 Å². The van der Waals surface area contributed by atoms with Crippen LogP contribution in [0.5, 0.6) is 17.5 Å². The molecule has 0 atom stereocenters. The van der Waals surface area contributed by atoms with Gasteiger partial charge in [0.25, 0.3) is 0 Å². The molecule has 0 saturated heterocycles. The van der Waals surface area contributed by atoms with Crippen LogP contribution in [0.3, 0.4) is 0 Å². The number of nitrogens with zero attached hydrogens (tertiary/aromatic N) is 2. The molecule has 0 spiro atoms. The molecule has 0 fully saturated rings. The van der Waals surface area contributed by atoms with Crippen molar-refractivity contribution in [1.82, 2.24) is 9.55 Å². The zero-order chi connectivity index (χ0) is 14.0. The van der Waals surface area contributed by atoms with Crippen LogP contribution in [0.4, 0.5) is 0 Å². The fourth-order valence-electron chi connectivity index (χ4n) is 1.70. The summed E-state index contributed by atoms with van der Waals surface area (Å²) < 4.78 is 7.03. The number of aromatic carboxylic acids is 1. The Hall–Kier alpha value is -2.50. The molecule has 2 rings (SSSR count). The van der Waals surface area contributed by atoms with Gasteiger partial charge in [0.05, 0.1) is 6.20 Å². The number of carboxylic acids is 1. The number of carbonyl (C=O) groups is 1. The highest BCUT2D eigenvalue weighted by Crippen LogP contribution is 2.26. The van der Waals surface area contributed by atoms with Crippen LogP contribution < -0.4 is 4.74 Å². The second-order valence-corrected chi connectivity index (χ2v) is 4.29. The molecule has 0 bridgehead atoms. The maximum atomic E-state index is 11.1. The molecule has 0 saturated carbocycles. The monoisotopic (exact) mass is 262 g/mol. The van der Waals surface area contributed by atoms with Crippen LogP contribution in [0.1, 0.15) is 30.4 Å². The zero-order valence-corrected chi connectivity index (χ0v) is 10.6. The molecule has 0 unspecified atom stereocenters. The van der Waals surface area contributed by atoms with Crippen molar-refractivity contribution in [3.05, 3.63) is 36.2 Å². The molecular weight excluding hydrogens is 248 g/mol. The van der Waals surface area contributed by atoms with E-state index in [9.17, 15) is 9.90 Å². The highest BCUT2D eigenvalue weighted by atomic mass is 16.5. The van der Waals surface area contributed by atoms with Crippen LogP contribution in [-0.4, -0.2) is 25.7 Å². The van der Waals surface area contributed by atoms with Gasteiger partial charge in [0.2, 0.25) is 0 Å². The quantitative estimate of drug-likeness (QED) is 0.884. The van der Waals surface area contributed by atoms with E-state index in [1.807, 2.05) is 13.8 Å². The molecule has 0 radical (unpaired) electrons. The molecule has 0 aliphatic rings. The van der Waals surface area contributed by atoms with Gasteiger partial charge in [-0.2, -0.15) is 0 Å². The molecule has 6 nitrogen and oxygen atoms in total. The Morgan fingerprint density at radius 1 is 1.32 bits per heavy atom. The predicted octanol–water partition coefficient (Wildman–Crippen LogP) is 2.66. The first kappa shape index (κ1) is 12.9. The van der Waals surface area contributed by atoms with Crippen molar-refractivity contribution in [2.24, 2.45) is 0 Å². The first-order valence-electron chi connectivity index (χ1n) is 5.76. The van der Waals surface area contributed by atoms with Crippen LogP contribution in [0, 0.1) is 0 Å². The first-order chi connectivity index (χ1) is 8.99. The lowest BCUT2D eigenvalue weighted by atomic mass is 10.3. The predicted molar refractivity (Wildman–Crippen MR) is 67.8 cm³/mol. The number of phenolic OH excluding ortho intramolecular Hbond substituents is 1. The third-order valence-electron chi connectivity index (χ3n) is 2.54. The lowest BCUT2D eigenvalue weighted by Gasteiger charge is -2.13. The normalized spacial score (nSPS) is 10.7. The fraction of sp³-hybridized carbons (Fsp3) is 0.231. The summed E-state index contributed by atoms with van der Waals surface area (Å²) in [6, 6.07) is 6.23. The van der Waals surface area contributed by atoms with Crippen LogP contribution >= 0.6 is 0 Å². The number of hydrogen-bond donors (Lipinski definition) is 2. The molecule has 2 N–H and O–H groups in total. The van der Waals surface area contributed by atoms with E-state index in [4.69, 9.17) is 9.84 Å². The molecule has 100 valence electrons. The minimum Gasteiger partial charge on any atom is -0.508 e. The molecule has 0 amide bonds. The van der Waals surface area contributed by atoms with Gasteiger partial charge in [-0.15, -0.1) is 0 Å². The Balaban J connectivity index is 2.35. The molecule has 19 heavy (non-hydrogen) atoms. The lowest BCUT2D eigenvalue weighted by Crippen LogP contribution is -2.11. The van der Waals surface area contributed by atoms with Crippen molar-refractivity contribution in [2.45, 2.75) is 19.9 Å². The highest BCUT2D eigenvalue weighted by Gasteiger charge is 2.19. The number of phenols is 1. The van der Waals surface area contributed by atoms with E-state index < -0.39 is 5.97 Å². The number of rotatable bonds is 4. The minimum absolute atomic E-state index is 0.0729. The second-order valence-electron chi connectivity index (χ2n) is 4.29. The van der Waals surface area contributed by atoms with Gasteiger partial charge in [0.1, 0.15) is 17.2 Å². The average Bonchev–Trinajstić information content (AvgIpc) is 2.76. The molecule has 1 heterocycles. The van der Waals surface area contributed by atoms with Crippen LogP contribution in [0.25, 0.3) is 0 Å². The number of carboxylic acid groups (broad SMARTS) is 1. The summed E-state index contributed by atoms with van der Waals surface area (Å²) in [7, 11) is 0. The summed E-state index contributed by atoms with van der Waals surface area (Å²) in [5.41, 5.74) is 0.0729. The smallest absolute Gasteiger partial charge is 0.354 e. The standard InChI is InChI=1S/C13H14N2O4/c1-8(2)15-11(12(17)18)7-14-13(15)19-10-5-3-9(16)4-6-10/h3-8,16H,1-2H3,(H,17,18). The lowest BCUT2D eigenvalue weighted by molar-refractivity contribution is 0.0682. The average molecular weight is 262 g/mol. The molecule has 1 aromatic heterocycles. The number of ether oxygens (including phenoxy) is 1. The maximum absolute atomic E-state index is 11.1. The van der Waals surface area contributed by atoms with Crippen LogP contribution in [-0.2, 0) is 0 Å².